The van der Waals surface area contributed by atoms with Crippen molar-refractivity contribution >= 4 is 0 Å². The Bertz CT molecular complexity index is 680. The van der Waals surface area contributed by atoms with Crippen molar-refractivity contribution in [3.8, 4) is 5.75 Å². The van der Waals surface area contributed by atoms with Gasteiger partial charge in [-0.1, -0.05) is 48.5 Å². The molecule has 4 nitrogen and oxygen atoms in total. The molecule has 0 amide bonds. The molecule has 3 aromatic rings. The van der Waals surface area contributed by atoms with Crippen LogP contribution in [0.2, 0.25) is 0 Å². The zero-order chi connectivity index (χ0) is 14.5. The maximum absolute atomic E-state index is 5.97. The minimum absolute atomic E-state index is 0.0342. The lowest BCUT2D eigenvalue weighted by Gasteiger charge is -2.16. The van der Waals surface area contributed by atoms with Gasteiger partial charge in [0.05, 0.1) is 18.4 Å². The van der Waals surface area contributed by atoms with Crippen LogP contribution in [0.5, 0.6) is 5.75 Å². The van der Waals surface area contributed by atoms with Gasteiger partial charge in [0.15, 0.2) is 0 Å². The number of benzene rings is 2. The molecule has 1 unspecified atom stereocenters. The molecule has 0 saturated heterocycles. The van der Waals surface area contributed by atoms with E-state index in [1.165, 1.54) is 0 Å². The molecule has 106 valence electrons. The van der Waals surface area contributed by atoms with E-state index in [-0.39, 0.29) is 6.04 Å². The summed E-state index contributed by atoms with van der Waals surface area (Å²) in [5, 5.41) is 8.40. The average Bonchev–Trinajstić information content (AvgIpc) is 3.08. The molecule has 3 rings (SSSR count). The van der Waals surface area contributed by atoms with Gasteiger partial charge in [0, 0.05) is 5.56 Å². The number of hydrogen-bond donors (Lipinski definition) is 0. The third kappa shape index (κ3) is 3.11. The standard InChI is InChI=1S/C17H17N3O/c1-14(20-18-11-12-19-20)16-9-5-6-10-17(16)21-13-15-7-3-2-4-8-15/h2-12,14H,13H2,1H3. The van der Waals surface area contributed by atoms with Crippen molar-refractivity contribution in [1.82, 2.24) is 15.0 Å². The number of rotatable bonds is 5. The van der Waals surface area contributed by atoms with Crippen molar-refractivity contribution in [3.63, 3.8) is 0 Å². The van der Waals surface area contributed by atoms with Crippen molar-refractivity contribution in [3.05, 3.63) is 78.1 Å². The van der Waals surface area contributed by atoms with E-state index in [1.807, 2.05) is 42.5 Å². The van der Waals surface area contributed by atoms with E-state index >= 15 is 0 Å². The van der Waals surface area contributed by atoms with Crippen LogP contribution in [0.1, 0.15) is 24.1 Å². The Balaban J connectivity index is 1.80. The van der Waals surface area contributed by atoms with Crippen molar-refractivity contribution in [1.29, 1.82) is 0 Å². The van der Waals surface area contributed by atoms with Crippen LogP contribution in [0.4, 0.5) is 0 Å². The van der Waals surface area contributed by atoms with Crippen molar-refractivity contribution in [2.75, 3.05) is 0 Å². The van der Waals surface area contributed by atoms with Gasteiger partial charge < -0.3 is 4.74 Å². The predicted octanol–water partition coefficient (Wildman–Crippen LogP) is 3.47. The van der Waals surface area contributed by atoms with Gasteiger partial charge in [-0.25, -0.2) is 0 Å². The molecule has 4 heteroatoms. The van der Waals surface area contributed by atoms with E-state index in [2.05, 4.69) is 29.3 Å². The second-order valence-electron chi connectivity index (χ2n) is 4.84. The summed E-state index contributed by atoms with van der Waals surface area (Å²) in [6.45, 7) is 2.61. The number of nitrogens with zero attached hydrogens (tertiary/aromatic N) is 3. The van der Waals surface area contributed by atoms with E-state index in [9.17, 15) is 0 Å². The second-order valence-corrected chi connectivity index (χ2v) is 4.84. The van der Waals surface area contributed by atoms with Gasteiger partial charge in [-0.15, -0.1) is 0 Å². The molecule has 0 aliphatic heterocycles. The molecule has 0 saturated carbocycles. The lowest BCUT2D eigenvalue weighted by molar-refractivity contribution is 0.298. The van der Waals surface area contributed by atoms with E-state index in [4.69, 9.17) is 4.74 Å². The Morgan fingerprint density at radius 3 is 2.38 bits per heavy atom. The minimum atomic E-state index is 0.0342. The molecule has 21 heavy (non-hydrogen) atoms. The van der Waals surface area contributed by atoms with Crippen molar-refractivity contribution in [2.24, 2.45) is 0 Å². The topological polar surface area (TPSA) is 39.9 Å². The highest BCUT2D eigenvalue weighted by atomic mass is 16.5. The molecule has 0 N–H and O–H groups in total. The van der Waals surface area contributed by atoms with Crippen molar-refractivity contribution in [2.45, 2.75) is 19.6 Å². The summed E-state index contributed by atoms with van der Waals surface area (Å²) in [6, 6.07) is 18.2. The fourth-order valence-electron chi connectivity index (χ4n) is 2.24. The van der Waals surface area contributed by atoms with Crippen LogP contribution in [-0.2, 0) is 6.61 Å². The first-order valence-electron chi connectivity index (χ1n) is 6.96. The number of para-hydroxylation sites is 1. The first-order valence-corrected chi connectivity index (χ1v) is 6.96. The molecule has 1 heterocycles. The lowest BCUT2D eigenvalue weighted by Crippen LogP contribution is -2.11. The molecule has 0 radical (unpaired) electrons. The smallest absolute Gasteiger partial charge is 0.125 e. The minimum Gasteiger partial charge on any atom is -0.489 e. The molecular formula is C17H17N3O. The summed E-state index contributed by atoms with van der Waals surface area (Å²) < 4.78 is 5.97. The number of aromatic nitrogens is 3. The van der Waals surface area contributed by atoms with Gasteiger partial charge in [0.1, 0.15) is 12.4 Å². The SMILES string of the molecule is CC(c1ccccc1OCc1ccccc1)n1nccn1. The maximum atomic E-state index is 5.97. The van der Waals surface area contributed by atoms with E-state index in [1.54, 1.807) is 17.2 Å². The Morgan fingerprint density at radius 2 is 1.62 bits per heavy atom. The molecule has 0 aliphatic rings. The predicted molar refractivity (Wildman–Crippen MR) is 81.1 cm³/mol. The number of ether oxygens (including phenoxy) is 1. The molecule has 1 aromatic heterocycles. The molecule has 0 fully saturated rings. The van der Waals surface area contributed by atoms with Crippen LogP contribution < -0.4 is 4.74 Å². The van der Waals surface area contributed by atoms with Crippen molar-refractivity contribution < 1.29 is 4.74 Å². The molecular weight excluding hydrogens is 262 g/mol. The van der Waals surface area contributed by atoms with Crippen LogP contribution in [0.3, 0.4) is 0 Å². The summed E-state index contributed by atoms with van der Waals surface area (Å²) in [5.41, 5.74) is 2.22. The van der Waals surface area contributed by atoms with Gasteiger partial charge in [-0.3, -0.25) is 0 Å². The Morgan fingerprint density at radius 1 is 0.952 bits per heavy atom. The van der Waals surface area contributed by atoms with Gasteiger partial charge in [0.25, 0.3) is 0 Å². The van der Waals surface area contributed by atoms with Crippen LogP contribution >= 0.6 is 0 Å². The summed E-state index contributed by atoms with van der Waals surface area (Å²) >= 11 is 0. The highest BCUT2D eigenvalue weighted by Gasteiger charge is 2.14. The fraction of sp³-hybridized carbons (Fsp3) is 0.176. The normalized spacial score (nSPS) is 12.0. The van der Waals surface area contributed by atoms with Gasteiger partial charge in [-0.2, -0.15) is 15.0 Å². The Hall–Kier alpha value is -2.62. The fourth-order valence-corrected chi connectivity index (χ4v) is 2.24. The molecule has 1 atom stereocenters. The van der Waals surface area contributed by atoms with E-state index in [0.29, 0.717) is 6.61 Å². The Kier molecular flexibility index (Phi) is 3.96. The third-order valence-electron chi connectivity index (χ3n) is 3.39. The number of hydrogen-bond acceptors (Lipinski definition) is 3. The third-order valence-corrected chi connectivity index (χ3v) is 3.39. The molecule has 0 spiro atoms. The second kappa shape index (κ2) is 6.22. The first kappa shape index (κ1) is 13.4. The van der Waals surface area contributed by atoms with Crippen LogP contribution in [0.25, 0.3) is 0 Å². The quantitative estimate of drug-likeness (QED) is 0.718. The highest BCUT2D eigenvalue weighted by molar-refractivity contribution is 5.36. The Labute approximate surface area is 124 Å². The molecule has 2 aromatic carbocycles. The summed E-state index contributed by atoms with van der Waals surface area (Å²) in [5.74, 6) is 0.867. The van der Waals surface area contributed by atoms with E-state index < -0.39 is 0 Å². The van der Waals surface area contributed by atoms with Crippen LogP contribution in [0, 0.1) is 0 Å². The summed E-state index contributed by atoms with van der Waals surface area (Å²) in [6.07, 6.45) is 3.37. The largest absolute Gasteiger partial charge is 0.489 e. The van der Waals surface area contributed by atoms with Gasteiger partial charge >= 0.3 is 0 Å². The molecule has 0 aliphatic carbocycles. The van der Waals surface area contributed by atoms with Gasteiger partial charge in [0.2, 0.25) is 0 Å². The monoisotopic (exact) mass is 279 g/mol. The zero-order valence-electron chi connectivity index (χ0n) is 11.9. The molecule has 0 bridgehead atoms. The van der Waals surface area contributed by atoms with Gasteiger partial charge in [-0.05, 0) is 18.6 Å². The average molecular weight is 279 g/mol. The zero-order valence-corrected chi connectivity index (χ0v) is 11.9. The van der Waals surface area contributed by atoms with E-state index in [0.717, 1.165) is 16.9 Å². The van der Waals surface area contributed by atoms with Crippen LogP contribution in [-0.4, -0.2) is 15.0 Å². The lowest BCUT2D eigenvalue weighted by atomic mass is 10.1. The maximum Gasteiger partial charge on any atom is 0.125 e. The van der Waals surface area contributed by atoms with Crippen LogP contribution in [0.15, 0.2) is 67.0 Å². The summed E-state index contributed by atoms with van der Waals surface area (Å²) in [4.78, 5) is 1.69. The summed E-state index contributed by atoms with van der Waals surface area (Å²) in [7, 11) is 0. The highest BCUT2D eigenvalue weighted by Crippen LogP contribution is 2.27. The first-order chi connectivity index (χ1) is 10.3.